The minimum Gasteiger partial charge on any atom is -0.386 e. The van der Waals surface area contributed by atoms with Gasteiger partial charge in [-0.15, -0.1) is 11.3 Å². The molecule has 0 aliphatic heterocycles. The number of pyridine rings is 1. The summed E-state index contributed by atoms with van der Waals surface area (Å²) in [6.45, 7) is 0. The Hall–Kier alpha value is -0.970. The van der Waals surface area contributed by atoms with Gasteiger partial charge < -0.3 is 5.11 Å². The molecule has 0 saturated carbocycles. The fraction of sp³-hybridized carbons (Fsp3) is 0.182. The summed E-state index contributed by atoms with van der Waals surface area (Å²) in [4.78, 5) is 4.73. The predicted molar refractivity (Wildman–Crippen MR) is 62.2 cm³/mol. The van der Waals surface area contributed by atoms with Gasteiger partial charge in [-0.2, -0.15) is 0 Å². The molecule has 2 nitrogen and oxygen atoms in total. The average Bonchev–Trinajstić information content (AvgIpc) is 2.64. The molecule has 0 aliphatic rings. The van der Waals surface area contributed by atoms with Crippen LogP contribution >= 0.6 is 22.9 Å². The number of rotatable bonds is 3. The first-order chi connectivity index (χ1) is 7.66. The predicted octanol–water partition coefficient (Wildman–Crippen LogP) is 3.21. The molecule has 1 N–H and O–H groups in total. The van der Waals surface area contributed by atoms with E-state index in [0.717, 1.165) is 4.88 Å². The SMILES string of the molecule is OC(Cc1ccc(Cl)s1)c1ncccc1F. The number of aliphatic hydroxyl groups is 1. The topological polar surface area (TPSA) is 33.1 Å². The van der Waals surface area contributed by atoms with Crippen molar-refractivity contribution < 1.29 is 9.50 Å². The fourth-order valence-electron chi connectivity index (χ4n) is 1.39. The first-order valence-electron chi connectivity index (χ1n) is 4.69. The van der Waals surface area contributed by atoms with E-state index in [1.807, 2.05) is 6.07 Å². The Morgan fingerprint density at radius 1 is 1.44 bits per heavy atom. The van der Waals surface area contributed by atoms with Crippen LogP contribution in [0.15, 0.2) is 30.5 Å². The maximum Gasteiger partial charge on any atom is 0.147 e. The van der Waals surface area contributed by atoms with E-state index in [2.05, 4.69) is 4.98 Å². The highest BCUT2D eigenvalue weighted by atomic mass is 35.5. The largest absolute Gasteiger partial charge is 0.386 e. The zero-order valence-electron chi connectivity index (χ0n) is 8.23. The molecule has 1 atom stereocenters. The lowest BCUT2D eigenvalue weighted by Gasteiger charge is -2.08. The molecule has 0 spiro atoms. The summed E-state index contributed by atoms with van der Waals surface area (Å²) < 4.78 is 14.0. The average molecular weight is 258 g/mol. The van der Waals surface area contributed by atoms with Crippen molar-refractivity contribution >= 4 is 22.9 Å². The van der Waals surface area contributed by atoms with Gasteiger partial charge in [0.05, 0.1) is 4.34 Å². The van der Waals surface area contributed by atoms with Gasteiger partial charge in [-0.3, -0.25) is 4.98 Å². The molecule has 2 aromatic rings. The molecule has 0 saturated heterocycles. The van der Waals surface area contributed by atoms with Crippen LogP contribution in [0.5, 0.6) is 0 Å². The number of hydrogen-bond acceptors (Lipinski definition) is 3. The van der Waals surface area contributed by atoms with E-state index in [4.69, 9.17) is 11.6 Å². The normalized spacial score (nSPS) is 12.7. The van der Waals surface area contributed by atoms with Crippen LogP contribution in [0.25, 0.3) is 0 Å². The van der Waals surface area contributed by atoms with Crippen molar-refractivity contribution in [1.82, 2.24) is 4.98 Å². The van der Waals surface area contributed by atoms with Crippen molar-refractivity contribution in [2.75, 3.05) is 0 Å². The zero-order valence-corrected chi connectivity index (χ0v) is 9.80. The number of aliphatic hydroxyl groups excluding tert-OH is 1. The maximum atomic E-state index is 13.3. The number of aromatic nitrogens is 1. The third-order valence-electron chi connectivity index (χ3n) is 2.13. The fourth-order valence-corrected chi connectivity index (χ4v) is 2.52. The Labute approximate surface area is 101 Å². The van der Waals surface area contributed by atoms with Crippen LogP contribution in [0.3, 0.4) is 0 Å². The highest BCUT2D eigenvalue weighted by Crippen LogP contribution is 2.26. The molecule has 84 valence electrons. The molecule has 0 amide bonds. The van der Waals surface area contributed by atoms with E-state index in [1.54, 1.807) is 6.07 Å². The van der Waals surface area contributed by atoms with Crippen molar-refractivity contribution in [3.05, 3.63) is 51.2 Å². The first kappa shape index (κ1) is 11.5. The third kappa shape index (κ3) is 2.58. The summed E-state index contributed by atoms with van der Waals surface area (Å²) in [5.74, 6) is -0.488. The summed E-state index contributed by atoms with van der Waals surface area (Å²) in [7, 11) is 0. The molecule has 2 heterocycles. The molecule has 0 aliphatic carbocycles. The van der Waals surface area contributed by atoms with E-state index >= 15 is 0 Å². The van der Waals surface area contributed by atoms with Gasteiger partial charge in [0.1, 0.15) is 17.6 Å². The second-order valence-electron chi connectivity index (χ2n) is 3.30. The minimum atomic E-state index is -0.934. The van der Waals surface area contributed by atoms with Crippen LogP contribution < -0.4 is 0 Å². The van der Waals surface area contributed by atoms with Crippen LogP contribution in [0.4, 0.5) is 4.39 Å². The van der Waals surface area contributed by atoms with E-state index in [0.29, 0.717) is 10.8 Å². The highest BCUT2D eigenvalue weighted by molar-refractivity contribution is 7.16. The molecular formula is C11H9ClFNOS. The lowest BCUT2D eigenvalue weighted by atomic mass is 10.1. The van der Waals surface area contributed by atoms with Crippen LogP contribution in [-0.2, 0) is 6.42 Å². The molecular weight excluding hydrogens is 249 g/mol. The van der Waals surface area contributed by atoms with Gasteiger partial charge in [-0.1, -0.05) is 11.6 Å². The molecule has 0 fully saturated rings. The molecule has 2 aromatic heterocycles. The van der Waals surface area contributed by atoms with E-state index in [-0.39, 0.29) is 5.69 Å². The number of halogens is 2. The summed E-state index contributed by atoms with van der Waals surface area (Å²) in [6, 6.07) is 6.35. The molecule has 5 heteroatoms. The van der Waals surface area contributed by atoms with Gasteiger partial charge in [0.2, 0.25) is 0 Å². The van der Waals surface area contributed by atoms with Crippen LogP contribution in [-0.4, -0.2) is 10.1 Å². The Bertz CT molecular complexity index is 488. The van der Waals surface area contributed by atoms with Crippen LogP contribution in [0.1, 0.15) is 16.7 Å². The van der Waals surface area contributed by atoms with Crippen molar-refractivity contribution in [2.24, 2.45) is 0 Å². The van der Waals surface area contributed by atoms with Crippen molar-refractivity contribution in [1.29, 1.82) is 0 Å². The standard InChI is InChI=1S/C11H9ClFNOS/c12-10-4-3-7(16-10)6-9(15)11-8(13)2-1-5-14-11/h1-5,9,15H,6H2. The highest BCUT2D eigenvalue weighted by Gasteiger charge is 2.15. The number of nitrogens with zero attached hydrogens (tertiary/aromatic N) is 1. The van der Waals surface area contributed by atoms with Gasteiger partial charge in [0.15, 0.2) is 0 Å². The lowest BCUT2D eigenvalue weighted by Crippen LogP contribution is -2.05. The molecule has 0 radical (unpaired) electrons. The summed E-state index contributed by atoms with van der Waals surface area (Å²) in [5.41, 5.74) is 0.0759. The van der Waals surface area contributed by atoms with Crippen molar-refractivity contribution in [2.45, 2.75) is 12.5 Å². The molecule has 1 unspecified atom stereocenters. The van der Waals surface area contributed by atoms with Gasteiger partial charge in [0, 0.05) is 17.5 Å². The molecule has 0 aromatic carbocycles. The summed E-state index contributed by atoms with van der Waals surface area (Å²) in [5, 5.41) is 9.83. The third-order valence-corrected chi connectivity index (χ3v) is 3.38. The van der Waals surface area contributed by atoms with Gasteiger partial charge in [-0.25, -0.2) is 4.39 Å². The van der Waals surface area contributed by atoms with E-state index in [1.165, 1.54) is 29.7 Å². The molecule has 16 heavy (non-hydrogen) atoms. The van der Waals surface area contributed by atoms with Crippen molar-refractivity contribution in [3.8, 4) is 0 Å². The quantitative estimate of drug-likeness (QED) is 0.916. The lowest BCUT2D eigenvalue weighted by molar-refractivity contribution is 0.169. The van der Waals surface area contributed by atoms with Crippen LogP contribution in [0.2, 0.25) is 4.34 Å². The minimum absolute atomic E-state index is 0.0759. The monoisotopic (exact) mass is 257 g/mol. The van der Waals surface area contributed by atoms with Gasteiger partial charge in [-0.05, 0) is 24.3 Å². The molecule has 2 rings (SSSR count). The summed E-state index contributed by atoms with van der Waals surface area (Å²) in [6.07, 6.45) is 0.852. The second-order valence-corrected chi connectivity index (χ2v) is 5.10. The zero-order chi connectivity index (χ0) is 11.5. The van der Waals surface area contributed by atoms with Crippen molar-refractivity contribution in [3.63, 3.8) is 0 Å². The van der Waals surface area contributed by atoms with E-state index < -0.39 is 11.9 Å². The van der Waals surface area contributed by atoms with E-state index in [9.17, 15) is 9.50 Å². The second kappa shape index (κ2) is 4.91. The first-order valence-corrected chi connectivity index (χ1v) is 5.89. The maximum absolute atomic E-state index is 13.3. The van der Waals surface area contributed by atoms with Crippen LogP contribution in [0, 0.1) is 5.82 Å². The van der Waals surface area contributed by atoms with Gasteiger partial charge >= 0.3 is 0 Å². The molecule has 0 bridgehead atoms. The number of hydrogen-bond donors (Lipinski definition) is 1. The Morgan fingerprint density at radius 2 is 2.25 bits per heavy atom. The summed E-state index contributed by atoms with van der Waals surface area (Å²) >= 11 is 7.14. The Morgan fingerprint density at radius 3 is 2.88 bits per heavy atom. The van der Waals surface area contributed by atoms with Gasteiger partial charge in [0.25, 0.3) is 0 Å². The smallest absolute Gasteiger partial charge is 0.147 e. The number of thiophene rings is 1. The Balaban J connectivity index is 2.14. The Kier molecular flexibility index (Phi) is 3.53.